The molecular formula is C14H13F15O. The molecule has 1 N–H and O–H groups in total. The van der Waals surface area contributed by atoms with Crippen molar-refractivity contribution in [2.24, 2.45) is 5.92 Å². The molecule has 1 saturated carbocycles. The van der Waals surface area contributed by atoms with E-state index in [4.69, 9.17) is 0 Å². The molecule has 0 amide bonds. The van der Waals surface area contributed by atoms with Crippen molar-refractivity contribution in [3.63, 3.8) is 0 Å². The van der Waals surface area contributed by atoms with Gasteiger partial charge in [0.2, 0.25) is 0 Å². The van der Waals surface area contributed by atoms with Gasteiger partial charge >= 0.3 is 41.7 Å². The van der Waals surface area contributed by atoms with Gasteiger partial charge in [0.1, 0.15) is 6.10 Å². The minimum absolute atomic E-state index is 0.0196. The second-order valence-electron chi connectivity index (χ2n) is 6.84. The zero-order valence-corrected chi connectivity index (χ0v) is 14.3. The van der Waals surface area contributed by atoms with Gasteiger partial charge in [0.25, 0.3) is 0 Å². The second-order valence-corrected chi connectivity index (χ2v) is 6.84. The first-order valence-corrected chi connectivity index (χ1v) is 8.03. The molecular weight excluding hydrogens is 469 g/mol. The lowest BCUT2D eigenvalue weighted by molar-refractivity contribution is -0.456. The van der Waals surface area contributed by atoms with Gasteiger partial charge in [0.15, 0.2) is 0 Å². The number of aliphatic hydroxyl groups excluding tert-OH is 1. The number of halogens is 15. The Kier molecular flexibility index (Phi) is 6.74. The Bertz CT molecular complexity index is 603. The predicted molar refractivity (Wildman–Crippen MR) is 68.3 cm³/mol. The second kappa shape index (κ2) is 7.50. The average Bonchev–Trinajstić information content (AvgIpc) is 2.59. The van der Waals surface area contributed by atoms with Gasteiger partial charge in [-0.1, -0.05) is 19.3 Å². The van der Waals surface area contributed by atoms with Crippen molar-refractivity contribution >= 4 is 0 Å². The summed E-state index contributed by atoms with van der Waals surface area (Å²) < 4.78 is 196. The van der Waals surface area contributed by atoms with Gasteiger partial charge in [-0.05, 0) is 18.8 Å². The summed E-state index contributed by atoms with van der Waals surface area (Å²) in [5, 5.41) is 9.33. The van der Waals surface area contributed by atoms with Crippen LogP contribution in [0.25, 0.3) is 0 Å². The van der Waals surface area contributed by atoms with Gasteiger partial charge in [0, 0.05) is 0 Å². The van der Waals surface area contributed by atoms with Crippen molar-refractivity contribution in [2.75, 3.05) is 0 Å². The van der Waals surface area contributed by atoms with Crippen molar-refractivity contribution in [2.45, 2.75) is 79.9 Å². The van der Waals surface area contributed by atoms with E-state index in [2.05, 4.69) is 0 Å². The molecule has 0 heterocycles. The third-order valence-corrected chi connectivity index (χ3v) is 4.82. The maximum Gasteiger partial charge on any atom is 0.460 e. The lowest BCUT2D eigenvalue weighted by Gasteiger charge is -2.43. The Balaban J connectivity index is 3.47. The molecule has 30 heavy (non-hydrogen) atoms. The molecule has 1 atom stereocenters. The number of alkyl halides is 15. The van der Waals surface area contributed by atoms with E-state index in [1.54, 1.807) is 0 Å². The van der Waals surface area contributed by atoms with Crippen molar-refractivity contribution in [3.05, 3.63) is 0 Å². The Morgan fingerprint density at radius 1 is 0.500 bits per heavy atom. The summed E-state index contributed by atoms with van der Waals surface area (Å²) in [6.07, 6.45) is -12.0. The van der Waals surface area contributed by atoms with Gasteiger partial charge < -0.3 is 5.11 Å². The largest absolute Gasteiger partial charge is 0.460 e. The normalized spacial score (nSPS) is 20.4. The van der Waals surface area contributed by atoms with E-state index < -0.39 is 66.6 Å². The molecule has 0 aromatic heterocycles. The maximum atomic E-state index is 13.9. The fourth-order valence-corrected chi connectivity index (χ4v) is 2.91. The first kappa shape index (κ1) is 26.9. The Morgan fingerprint density at radius 2 is 0.833 bits per heavy atom. The molecule has 0 spiro atoms. The van der Waals surface area contributed by atoms with E-state index in [0.29, 0.717) is 6.42 Å². The van der Waals surface area contributed by atoms with Crippen LogP contribution in [-0.4, -0.2) is 52.9 Å². The van der Waals surface area contributed by atoms with Gasteiger partial charge in [-0.25, -0.2) is 0 Å². The van der Waals surface area contributed by atoms with Crippen molar-refractivity contribution in [3.8, 4) is 0 Å². The monoisotopic (exact) mass is 482 g/mol. The predicted octanol–water partition coefficient (Wildman–Crippen LogP) is 6.30. The zero-order chi connectivity index (χ0) is 24.2. The van der Waals surface area contributed by atoms with Crippen LogP contribution in [0.3, 0.4) is 0 Å². The SMILES string of the molecule is OC(C1CCCCC1)C(F)(F)C(F)(F)C(F)(F)C(F)(F)C(F)(F)C(F)(F)C(F)(F)F. The number of aliphatic hydroxyl groups is 1. The van der Waals surface area contributed by atoms with Crippen LogP contribution in [0.4, 0.5) is 65.9 Å². The quantitative estimate of drug-likeness (QED) is 0.423. The molecule has 0 bridgehead atoms. The van der Waals surface area contributed by atoms with Crippen molar-refractivity contribution in [1.82, 2.24) is 0 Å². The third kappa shape index (κ3) is 3.59. The molecule has 1 aliphatic carbocycles. The van der Waals surface area contributed by atoms with Crippen molar-refractivity contribution in [1.29, 1.82) is 0 Å². The number of hydrogen-bond acceptors (Lipinski definition) is 1. The molecule has 0 aromatic rings. The topological polar surface area (TPSA) is 20.2 Å². The highest BCUT2D eigenvalue weighted by Crippen LogP contribution is 2.63. The minimum atomic E-state index is -8.32. The molecule has 0 radical (unpaired) electrons. The minimum Gasteiger partial charge on any atom is -0.386 e. The van der Waals surface area contributed by atoms with Crippen LogP contribution in [0.2, 0.25) is 0 Å². The first-order valence-electron chi connectivity index (χ1n) is 8.03. The first-order chi connectivity index (χ1) is 13.0. The fraction of sp³-hybridized carbons (Fsp3) is 1.00. The van der Waals surface area contributed by atoms with Crippen LogP contribution in [-0.2, 0) is 0 Å². The highest BCUT2D eigenvalue weighted by molar-refractivity contribution is 5.14. The summed E-state index contributed by atoms with van der Waals surface area (Å²) in [5.41, 5.74) is 0. The van der Waals surface area contributed by atoms with Gasteiger partial charge in [-0.2, -0.15) is 65.9 Å². The van der Waals surface area contributed by atoms with Crippen LogP contribution in [0.1, 0.15) is 32.1 Å². The lowest BCUT2D eigenvalue weighted by Crippen LogP contribution is -2.74. The van der Waals surface area contributed by atoms with Crippen LogP contribution >= 0.6 is 0 Å². The molecule has 180 valence electrons. The van der Waals surface area contributed by atoms with Crippen LogP contribution in [0.5, 0.6) is 0 Å². The molecule has 1 aliphatic rings. The average molecular weight is 482 g/mol. The number of rotatable bonds is 7. The maximum absolute atomic E-state index is 13.9. The summed E-state index contributed by atoms with van der Waals surface area (Å²) in [6.45, 7) is 0. The van der Waals surface area contributed by atoms with Crippen LogP contribution in [0.15, 0.2) is 0 Å². The van der Waals surface area contributed by atoms with E-state index in [1.807, 2.05) is 0 Å². The summed E-state index contributed by atoms with van der Waals surface area (Å²) in [6, 6.07) is 0. The highest BCUT2D eigenvalue weighted by Gasteiger charge is 2.93. The standard InChI is InChI=1S/C14H13F15O/c15-8(16,7(30)6-4-2-1-3-5-6)9(17,18)10(19,20)11(21,22)12(23,24)13(25,26)14(27,28)29/h6-7,30H,1-5H2. The number of hydrogen-bond donors (Lipinski definition) is 1. The van der Waals surface area contributed by atoms with Crippen molar-refractivity contribution < 1.29 is 71.0 Å². The molecule has 1 fully saturated rings. The Morgan fingerprint density at radius 3 is 1.20 bits per heavy atom. The molecule has 1 unspecified atom stereocenters. The summed E-state index contributed by atoms with van der Waals surface area (Å²) in [7, 11) is 0. The van der Waals surface area contributed by atoms with E-state index in [-0.39, 0.29) is 12.8 Å². The Hall–Kier alpha value is -1.09. The van der Waals surface area contributed by atoms with Crippen LogP contribution < -0.4 is 0 Å². The third-order valence-electron chi connectivity index (χ3n) is 4.82. The molecule has 1 nitrogen and oxygen atoms in total. The fourth-order valence-electron chi connectivity index (χ4n) is 2.91. The lowest BCUT2D eigenvalue weighted by atomic mass is 9.79. The van der Waals surface area contributed by atoms with Gasteiger partial charge in [-0.3, -0.25) is 0 Å². The Labute approximate surface area is 158 Å². The van der Waals surface area contributed by atoms with E-state index in [9.17, 15) is 71.0 Å². The highest BCUT2D eigenvalue weighted by atomic mass is 19.4. The van der Waals surface area contributed by atoms with E-state index in [0.717, 1.165) is 0 Å². The van der Waals surface area contributed by atoms with Gasteiger partial charge in [-0.15, -0.1) is 0 Å². The molecule has 1 rings (SSSR count). The summed E-state index contributed by atoms with van der Waals surface area (Å²) >= 11 is 0. The van der Waals surface area contributed by atoms with Gasteiger partial charge in [0.05, 0.1) is 0 Å². The smallest absolute Gasteiger partial charge is 0.386 e. The molecule has 0 aromatic carbocycles. The van der Waals surface area contributed by atoms with Crippen LogP contribution in [0, 0.1) is 5.92 Å². The summed E-state index contributed by atoms with van der Waals surface area (Å²) in [5.74, 6) is -48.8. The molecule has 16 heteroatoms. The summed E-state index contributed by atoms with van der Waals surface area (Å²) in [4.78, 5) is 0. The van der Waals surface area contributed by atoms with E-state index in [1.165, 1.54) is 0 Å². The molecule has 0 saturated heterocycles. The zero-order valence-electron chi connectivity index (χ0n) is 14.3. The van der Waals surface area contributed by atoms with E-state index >= 15 is 0 Å². The molecule has 0 aliphatic heterocycles.